The first-order chi connectivity index (χ1) is 9.13. The van der Waals surface area contributed by atoms with Crippen LogP contribution in [0.5, 0.6) is 0 Å². The lowest BCUT2D eigenvalue weighted by atomic mass is 10.2. The van der Waals surface area contributed by atoms with Gasteiger partial charge in [0.25, 0.3) is 0 Å². The fourth-order valence-corrected chi connectivity index (χ4v) is 2.62. The van der Waals surface area contributed by atoms with Crippen LogP contribution in [0.2, 0.25) is 5.15 Å². The van der Waals surface area contributed by atoms with Gasteiger partial charge in [0.15, 0.2) is 0 Å². The number of rotatable bonds is 5. The molecule has 0 aliphatic carbocycles. The van der Waals surface area contributed by atoms with Gasteiger partial charge in [-0.3, -0.25) is 4.79 Å². The summed E-state index contributed by atoms with van der Waals surface area (Å²) in [6.45, 7) is 0. The van der Waals surface area contributed by atoms with Crippen LogP contribution >= 0.6 is 23.4 Å². The minimum atomic E-state index is -0.813. The second-order valence-corrected chi connectivity index (χ2v) is 5.43. The van der Waals surface area contributed by atoms with Gasteiger partial charge in [-0.2, -0.15) is 0 Å². The highest BCUT2D eigenvalue weighted by molar-refractivity contribution is 7.98. The van der Waals surface area contributed by atoms with E-state index in [4.69, 9.17) is 16.7 Å². The summed E-state index contributed by atoms with van der Waals surface area (Å²) in [6.07, 6.45) is 1.75. The fourth-order valence-electron chi connectivity index (χ4n) is 1.58. The Balaban J connectivity index is 1.94. The van der Waals surface area contributed by atoms with E-state index in [9.17, 15) is 4.79 Å². The lowest BCUT2D eigenvalue weighted by Gasteiger charge is -2.03. The molecule has 0 saturated carbocycles. The van der Waals surface area contributed by atoms with E-state index in [-0.39, 0.29) is 6.42 Å². The summed E-state index contributed by atoms with van der Waals surface area (Å²) < 4.78 is 0. The van der Waals surface area contributed by atoms with Crippen molar-refractivity contribution in [1.82, 2.24) is 4.98 Å². The first kappa shape index (κ1) is 13.9. The van der Waals surface area contributed by atoms with Crippen LogP contribution in [0.25, 0.3) is 0 Å². The molecule has 1 heterocycles. The van der Waals surface area contributed by atoms with Gasteiger partial charge in [-0.15, -0.1) is 11.8 Å². The number of nitrogens with zero attached hydrogens (tertiary/aromatic N) is 1. The van der Waals surface area contributed by atoms with E-state index in [1.165, 1.54) is 0 Å². The molecule has 0 saturated heterocycles. The molecule has 0 amide bonds. The van der Waals surface area contributed by atoms with Crippen LogP contribution < -0.4 is 0 Å². The molecule has 0 atom stereocenters. The van der Waals surface area contributed by atoms with Gasteiger partial charge in [-0.25, -0.2) is 4.98 Å². The SMILES string of the molecule is O=C(O)Cc1ccc(SCc2ccnc(Cl)c2)cc1. The van der Waals surface area contributed by atoms with Gasteiger partial charge >= 0.3 is 5.97 Å². The van der Waals surface area contributed by atoms with Crippen LogP contribution in [0.15, 0.2) is 47.5 Å². The molecule has 1 aromatic carbocycles. The van der Waals surface area contributed by atoms with E-state index in [0.717, 1.165) is 21.8 Å². The van der Waals surface area contributed by atoms with Gasteiger partial charge in [0.1, 0.15) is 5.15 Å². The van der Waals surface area contributed by atoms with Gasteiger partial charge in [-0.1, -0.05) is 23.7 Å². The normalized spacial score (nSPS) is 10.4. The van der Waals surface area contributed by atoms with Crippen LogP contribution in [0.3, 0.4) is 0 Å². The van der Waals surface area contributed by atoms with Crippen molar-refractivity contribution < 1.29 is 9.90 Å². The molecule has 2 rings (SSSR count). The van der Waals surface area contributed by atoms with Crippen LogP contribution in [0.4, 0.5) is 0 Å². The van der Waals surface area contributed by atoms with Gasteiger partial charge in [0.05, 0.1) is 6.42 Å². The number of hydrogen-bond acceptors (Lipinski definition) is 3. The van der Waals surface area contributed by atoms with Gasteiger partial charge in [0.2, 0.25) is 0 Å². The lowest BCUT2D eigenvalue weighted by molar-refractivity contribution is -0.136. The summed E-state index contributed by atoms with van der Waals surface area (Å²) in [4.78, 5) is 15.6. The molecule has 0 bridgehead atoms. The fraction of sp³-hybridized carbons (Fsp3) is 0.143. The number of carboxylic acid groups (broad SMARTS) is 1. The topological polar surface area (TPSA) is 50.2 Å². The van der Waals surface area contributed by atoms with Crippen molar-refractivity contribution in [3.05, 3.63) is 58.9 Å². The minimum Gasteiger partial charge on any atom is -0.481 e. The van der Waals surface area contributed by atoms with E-state index in [0.29, 0.717) is 5.15 Å². The highest BCUT2D eigenvalue weighted by atomic mass is 35.5. The maximum Gasteiger partial charge on any atom is 0.307 e. The van der Waals surface area contributed by atoms with Crippen LogP contribution in [0.1, 0.15) is 11.1 Å². The number of aromatic nitrogens is 1. The van der Waals surface area contributed by atoms with Crippen molar-refractivity contribution in [3.8, 4) is 0 Å². The molecule has 0 unspecified atom stereocenters. The zero-order valence-electron chi connectivity index (χ0n) is 10.0. The molecular weight excluding hydrogens is 282 g/mol. The summed E-state index contributed by atoms with van der Waals surface area (Å²) in [5, 5.41) is 9.19. The third-order valence-corrected chi connectivity index (χ3v) is 3.77. The summed E-state index contributed by atoms with van der Waals surface area (Å²) in [5.41, 5.74) is 1.92. The van der Waals surface area contributed by atoms with Crippen LogP contribution in [0, 0.1) is 0 Å². The molecule has 0 spiro atoms. The number of carbonyl (C=O) groups is 1. The largest absolute Gasteiger partial charge is 0.481 e. The number of aliphatic carboxylic acids is 1. The van der Waals surface area contributed by atoms with Crippen LogP contribution in [-0.4, -0.2) is 16.1 Å². The molecule has 0 aliphatic rings. The molecular formula is C14H12ClNO2S. The molecule has 3 nitrogen and oxygen atoms in total. The summed E-state index contributed by atoms with van der Waals surface area (Å²) in [7, 11) is 0. The molecule has 0 aliphatic heterocycles. The Kier molecular flexibility index (Phi) is 4.82. The van der Waals surface area contributed by atoms with E-state index >= 15 is 0 Å². The Hall–Kier alpha value is -1.52. The second-order valence-electron chi connectivity index (χ2n) is 3.99. The van der Waals surface area contributed by atoms with Gasteiger partial charge < -0.3 is 5.11 Å². The van der Waals surface area contributed by atoms with E-state index in [1.807, 2.05) is 36.4 Å². The van der Waals surface area contributed by atoms with Crippen molar-refractivity contribution in [2.45, 2.75) is 17.1 Å². The van der Waals surface area contributed by atoms with Gasteiger partial charge in [-0.05, 0) is 35.4 Å². The molecule has 19 heavy (non-hydrogen) atoms. The number of carboxylic acids is 1. The Bertz CT molecular complexity index is 572. The molecule has 0 radical (unpaired) electrons. The number of benzene rings is 1. The third kappa shape index (κ3) is 4.58. The van der Waals surface area contributed by atoms with Gasteiger partial charge in [0, 0.05) is 16.8 Å². The highest BCUT2D eigenvalue weighted by Gasteiger charge is 2.01. The monoisotopic (exact) mass is 293 g/mol. The Morgan fingerprint density at radius 3 is 2.58 bits per heavy atom. The summed E-state index contributed by atoms with van der Waals surface area (Å²) in [6, 6.07) is 11.3. The average molecular weight is 294 g/mol. The minimum absolute atomic E-state index is 0.0604. The number of pyridine rings is 1. The molecule has 1 aromatic heterocycles. The number of thioether (sulfide) groups is 1. The zero-order valence-corrected chi connectivity index (χ0v) is 11.6. The average Bonchev–Trinajstić information content (AvgIpc) is 2.37. The van der Waals surface area contributed by atoms with E-state index < -0.39 is 5.97 Å². The Labute approximate surface area is 120 Å². The first-order valence-corrected chi connectivity index (χ1v) is 7.04. The van der Waals surface area contributed by atoms with E-state index in [2.05, 4.69) is 4.98 Å². The summed E-state index contributed by atoms with van der Waals surface area (Å²) >= 11 is 7.50. The predicted molar refractivity (Wildman–Crippen MR) is 76.6 cm³/mol. The van der Waals surface area contributed by atoms with E-state index in [1.54, 1.807) is 18.0 Å². The summed E-state index contributed by atoms with van der Waals surface area (Å²) in [5.74, 6) is -0.00705. The van der Waals surface area contributed by atoms with Crippen molar-refractivity contribution in [3.63, 3.8) is 0 Å². The predicted octanol–water partition coefficient (Wildman–Crippen LogP) is 3.65. The number of halogens is 1. The molecule has 98 valence electrons. The standard InChI is InChI=1S/C14H12ClNO2S/c15-13-7-11(5-6-16-13)9-19-12-3-1-10(2-4-12)8-14(17)18/h1-7H,8-9H2,(H,17,18). The third-order valence-electron chi connectivity index (χ3n) is 2.48. The van der Waals surface area contributed by atoms with Crippen molar-refractivity contribution in [2.75, 3.05) is 0 Å². The maximum atomic E-state index is 10.6. The lowest BCUT2D eigenvalue weighted by Crippen LogP contribution is -1.99. The molecule has 1 N–H and O–H groups in total. The smallest absolute Gasteiger partial charge is 0.307 e. The van der Waals surface area contributed by atoms with Crippen molar-refractivity contribution in [1.29, 1.82) is 0 Å². The molecule has 2 aromatic rings. The zero-order chi connectivity index (χ0) is 13.7. The van der Waals surface area contributed by atoms with Crippen molar-refractivity contribution in [2.24, 2.45) is 0 Å². The second kappa shape index (κ2) is 6.59. The Morgan fingerprint density at radius 2 is 1.95 bits per heavy atom. The molecule has 5 heteroatoms. The quantitative estimate of drug-likeness (QED) is 0.675. The Morgan fingerprint density at radius 1 is 1.21 bits per heavy atom. The molecule has 0 fully saturated rings. The highest BCUT2D eigenvalue weighted by Crippen LogP contribution is 2.23. The number of hydrogen-bond donors (Lipinski definition) is 1. The first-order valence-electron chi connectivity index (χ1n) is 5.67. The van der Waals surface area contributed by atoms with Crippen molar-refractivity contribution >= 4 is 29.3 Å². The maximum absolute atomic E-state index is 10.6. The van der Waals surface area contributed by atoms with Crippen LogP contribution in [-0.2, 0) is 17.0 Å².